The zero-order valence-electron chi connectivity index (χ0n) is 24.9. The molecule has 4 aromatic rings. The lowest BCUT2D eigenvalue weighted by Gasteiger charge is -2.34. The van der Waals surface area contributed by atoms with Crippen LogP contribution >= 0.6 is 15.9 Å². The van der Waals surface area contributed by atoms with Gasteiger partial charge in [-0.05, 0) is 96.4 Å². The van der Waals surface area contributed by atoms with Crippen molar-refractivity contribution < 1.29 is 28.7 Å². The van der Waals surface area contributed by atoms with E-state index >= 15 is 0 Å². The van der Waals surface area contributed by atoms with Gasteiger partial charge in [0.15, 0.2) is 18.1 Å². The summed E-state index contributed by atoms with van der Waals surface area (Å²) in [5, 5.41) is 2.85. The summed E-state index contributed by atoms with van der Waals surface area (Å²) >= 11 is 3.50. The van der Waals surface area contributed by atoms with Crippen molar-refractivity contribution >= 4 is 62.8 Å². The summed E-state index contributed by atoms with van der Waals surface area (Å²) in [5.74, 6) is -1.30. The monoisotopic (exact) mass is 667 g/mol. The van der Waals surface area contributed by atoms with E-state index in [0.29, 0.717) is 32.8 Å². The topological polar surface area (TPSA) is 105 Å². The van der Waals surface area contributed by atoms with Crippen LogP contribution in [-0.2, 0) is 14.4 Å². The van der Waals surface area contributed by atoms with Gasteiger partial charge in [-0.2, -0.15) is 0 Å². The van der Waals surface area contributed by atoms with Crippen molar-refractivity contribution in [2.75, 3.05) is 28.3 Å². The Labute approximate surface area is 269 Å². The van der Waals surface area contributed by atoms with Crippen LogP contribution in [0.3, 0.4) is 0 Å². The highest BCUT2D eigenvalue weighted by molar-refractivity contribution is 9.10. The van der Waals surface area contributed by atoms with Crippen molar-refractivity contribution in [3.8, 4) is 11.5 Å². The van der Waals surface area contributed by atoms with Crippen LogP contribution in [0.5, 0.6) is 11.5 Å². The molecule has 0 radical (unpaired) electrons. The molecule has 0 saturated carbocycles. The Morgan fingerprint density at radius 2 is 1.42 bits per heavy atom. The molecule has 1 aliphatic heterocycles. The first-order valence-corrected chi connectivity index (χ1v) is 15.0. The number of urea groups is 1. The van der Waals surface area contributed by atoms with E-state index in [2.05, 4.69) is 21.2 Å². The molecule has 1 fully saturated rings. The second kappa shape index (κ2) is 13.6. The minimum Gasteiger partial charge on any atom is -0.490 e. The van der Waals surface area contributed by atoms with Crippen LogP contribution in [-0.4, -0.2) is 37.0 Å². The molecule has 0 spiro atoms. The van der Waals surface area contributed by atoms with E-state index in [4.69, 9.17) is 9.47 Å². The Morgan fingerprint density at radius 1 is 0.822 bits per heavy atom. The zero-order chi connectivity index (χ0) is 32.1. The summed E-state index contributed by atoms with van der Waals surface area (Å²) in [6, 6.07) is 25.0. The number of para-hydroxylation sites is 2. The number of amides is 5. The fraction of sp³-hybridized carbons (Fsp3) is 0.143. The Balaban J connectivity index is 1.47. The molecule has 1 aliphatic rings. The molecule has 5 amide bonds. The molecule has 0 aliphatic carbocycles. The highest BCUT2D eigenvalue weighted by Gasteiger charge is 2.43. The summed E-state index contributed by atoms with van der Waals surface area (Å²) in [6.07, 6.45) is 1.41. The summed E-state index contributed by atoms with van der Waals surface area (Å²) in [5.41, 5.74) is 3.57. The van der Waals surface area contributed by atoms with Gasteiger partial charge >= 0.3 is 6.03 Å². The number of anilines is 3. The van der Waals surface area contributed by atoms with Crippen LogP contribution in [0, 0.1) is 13.8 Å². The van der Waals surface area contributed by atoms with Gasteiger partial charge in [0, 0.05) is 5.69 Å². The van der Waals surface area contributed by atoms with Gasteiger partial charge in [-0.1, -0.05) is 54.1 Å². The van der Waals surface area contributed by atoms with Crippen LogP contribution in [0.15, 0.2) is 101 Å². The number of carbonyl (C=O) groups excluding carboxylic acids is 4. The maximum absolute atomic E-state index is 13.7. The summed E-state index contributed by atoms with van der Waals surface area (Å²) in [6.45, 7) is 5.69. The molecule has 45 heavy (non-hydrogen) atoms. The van der Waals surface area contributed by atoms with Gasteiger partial charge in [0.1, 0.15) is 5.57 Å². The average Bonchev–Trinajstić information content (AvgIpc) is 3.01. The second-order valence-electron chi connectivity index (χ2n) is 10.2. The largest absolute Gasteiger partial charge is 0.490 e. The predicted octanol–water partition coefficient (Wildman–Crippen LogP) is 7.07. The molecule has 10 heteroatoms. The number of barbiturate groups is 1. The fourth-order valence-electron chi connectivity index (χ4n) is 4.86. The fourth-order valence-corrected chi connectivity index (χ4v) is 5.43. The van der Waals surface area contributed by atoms with E-state index in [1.165, 1.54) is 6.08 Å². The molecule has 4 aromatic carbocycles. The SMILES string of the molecule is CCOc1cc(C=C2C(=O)N(c3ccccc3)C(=O)N(c3ccccc3)C2=O)cc(Br)c1OCC(=O)Nc1ccc(C)cc1C. The van der Waals surface area contributed by atoms with E-state index < -0.39 is 17.8 Å². The summed E-state index contributed by atoms with van der Waals surface area (Å²) < 4.78 is 12.1. The van der Waals surface area contributed by atoms with Crippen LogP contribution < -0.4 is 24.6 Å². The zero-order valence-corrected chi connectivity index (χ0v) is 26.5. The number of nitrogens with one attached hydrogen (secondary N) is 1. The smallest absolute Gasteiger partial charge is 0.343 e. The quantitative estimate of drug-likeness (QED) is 0.151. The normalized spacial score (nSPS) is 13.2. The first-order valence-electron chi connectivity index (χ1n) is 14.2. The van der Waals surface area contributed by atoms with Crippen molar-refractivity contribution in [1.82, 2.24) is 0 Å². The molecule has 0 bridgehead atoms. The molecule has 0 unspecified atom stereocenters. The Morgan fingerprint density at radius 3 is 1.98 bits per heavy atom. The van der Waals surface area contributed by atoms with Crippen LogP contribution in [0.25, 0.3) is 6.08 Å². The number of imide groups is 2. The van der Waals surface area contributed by atoms with Crippen molar-refractivity contribution in [2.45, 2.75) is 20.8 Å². The van der Waals surface area contributed by atoms with Crippen LogP contribution in [0.1, 0.15) is 23.6 Å². The number of ether oxygens (including phenoxy) is 2. The van der Waals surface area contributed by atoms with Gasteiger partial charge in [0.05, 0.1) is 22.5 Å². The average molecular weight is 669 g/mol. The first kappa shape index (κ1) is 31.2. The Hall–Kier alpha value is -5.22. The van der Waals surface area contributed by atoms with Crippen LogP contribution in [0.4, 0.5) is 21.9 Å². The number of hydrogen-bond acceptors (Lipinski definition) is 6. The van der Waals surface area contributed by atoms with Gasteiger partial charge in [-0.15, -0.1) is 0 Å². The van der Waals surface area contributed by atoms with Gasteiger partial charge in [-0.3, -0.25) is 14.4 Å². The second-order valence-corrected chi connectivity index (χ2v) is 11.1. The Kier molecular flexibility index (Phi) is 9.44. The number of carbonyl (C=O) groups is 4. The first-order chi connectivity index (χ1) is 21.7. The van der Waals surface area contributed by atoms with Gasteiger partial charge < -0.3 is 14.8 Å². The van der Waals surface area contributed by atoms with E-state index in [-0.39, 0.29) is 30.4 Å². The molecule has 0 aromatic heterocycles. The third-order valence-electron chi connectivity index (χ3n) is 6.92. The third-order valence-corrected chi connectivity index (χ3v) is 7.51. The lowest BCUT2D eigenvalue weighted by atomic mass is 10.0. The molecule has 1 saturated heterocycles. The van der Waals surface area contributed by atoms with Gasteiger partial charge in [0.2, 0.25) is 0 Å². The molecule has 1 N–H and O–H groups in total. The standard InChI is InChI=1S/C35H30BrN3O6/c1-4-44-30-20-24(19-28(36)32(30)45-21-31(40)37-29-16-15-22(2)17-23(29)3)18-27-33(41)38(25-11-7-5-8-12-25)35(43)39(34(27)42)26-13-9-6-10-14-26/h5-20H,4,21H2,1-3H3,(H,37,40). The van der Waals surface area contributed by atoms with Crippen molar-refractivity contribution in [1.29, 1.82) is 0 Å². The minimum atomic E-state index is -0.779. The highest BCUT2D eigenvalue weighted by atomic mass is 79.9. The number of nitrogens with zero attached hydrogens (tertiary/aromatic N) is 2. The number of rotatable bonds is 9. The molecule has 228 valence electrons. The van der Waals surface area contributed by atoms with E-state index in [0.717, 1.165) is 20.9 Å². The molecular weight excluding hydrogens is 638 g/mol. The third kappa shape index (κ3) is 6.81. The summed E-state index contributed by atoms with van der Waals surface area (Å²) in [7, 11) is 0. The van der Waals surface area contributed by atoms with Gasteiger partial charge in [0.25, 0.3) is 17.7 Å². The molecule has 9 nitrogen and oxygen atoms in total. The predicted molar refractivity (Wildman–Crippen MR) is 177 cm³/mol. The number of hydrogen-bond donors (Lipinski definition) is 1. The van der Waals surface area contributed by atoms with Crippen molar-refractivity contribution in [3.63, 3.8) is 0 Å². The molecular formula is C35H30BrN3O6. The summed E-state index contributed by atoms with van der Waals surface area (Å²) in [4.78, 5) is 55.7. The lowest BCUT2D eigenvalue weighted by molar-refractivity contribution is -0.121. The van der Waals surface area contributed by atoms with E-state index in [1.807, 2.05) is 32.0 Å². The number of benzene rings is 4. The Bertz CT molecular complexity index is 1740. The lowest BCUT2D eigenvalue weighted by Crippen LogP contribution is -2.57. The number of aryl methyl sites for hydroxylation is 2. The van der Waals surface area contributed by atoms with Crippen molar-refractivity contribution in [3.05, 3.63) is 118 Å². The highest BCUT2D eigenvalue weighted by Crippen LogP contribution is 2.38. The molecule has 1 heterocycles. The van der Waals surface area contributed by atoms with Crippen molar-refractivity contribution in [2.24, 2.45) is 0 Å². The maximum Gasteiger partial charge on any atom is 0.343 e. The van der Waals surface area contributed by atoms with Gasteiger partial charge in [-0.25, -0.2) is 14.6 Å². The minimum absolute atomic E-state index is 0.224. The van der Waals surface area contributed by atoms with E-state index in [9.17, 15) is 19.2 Å². The van der Waals surface area contributed by atoms with E-state index in [1.54, 1.807) is 79.7 Å². The molecule has 0 atom stereocenters. The maximum atomic E-state index is 13.7. The molecule has 5 rings (SSSR count). The van der Waals surface area contributed by atoms with Crippen LogP contribution in [0.2, 0.25) is 0 Å². The number of halogens is 1.